The van der Waals surface area contributed by atoms with Crippen LogP contribution in [0, 0.1) is 0 Å². The number of phosphoric ester groups is 1. The number of unbranched alkanes of at least 4 members (excludes halogenated alkanes) is 1. The lowest BCUT2D eigenvalue weighted by atomic mass is 10.1. The number of hydrogen-bond donors (Lipinski definition) is 1. The molecule has 0 rings (SSSR count). The number of quaternary nitrogens is 1. The van der Waals surface area contributed by atoms with Crippen molar-refractivity contribution in [3.05, 3.63) is 122 Å². The summed E-state index contributed by atoms with van der Waals surface area (Å²) in [6.07, 6.45) is 53.4. The number of phosphoric acid groups is 1. The molecule has 3 atom stereocenters. The van der Waals surface area contributed by atoms with Crippen LogP contribution >= 0.6 is 7.82 Å². The zero-order valence-electron chi connectivity index (χ0n) is 38.2. The van der Waals surface area contributed by atoms with Gasteiger partial charge in [0.2, 0.25) is 0 Å². The van der Waals surface area contributed by atoms with Crippen molar-refractivity contribution >= 4 is 19.8 Å². The molecule has 0 saturated heterocycles. The summed E-state index contributed by atoms with van der Waals surface area (Å²) in [4.78, 5) is 37.5. The number of hydrogen-bond acceptors (Lipinski definition) is 9. The van der Waals surface area contributed by atoms with E-state index in [2.05, 4.69) is 104 Å². The van der Waals surface area contributed by atoms with E-state index in [0.717, 1.165) is 77.0 Å². The monoisotopic (exact) mass is 870 g/mol. The number of esters is 2. The van der Waals surface area contributed by atoms with Gasteiger partial charge in [-0.3, -0.25) is 14.2 Å². The first-order chi connectivity index (χ1) is 29.4. The zero-order valence-corrected chi connectivity index (χ0v) is 39.1. The van der Waals surface area contributed by atoms with E-state index < -0.39 is 32.5 Å². The van der Waals surface area contributed by atoms with Crippen LogP contribution in [0.25, 0.3) is 0 Å². The van der Waals surface area contributed by atoms with Crippen LogP contribution in [0.3, 0.4) is 0 Å². The molecule has 0 radical (unpaired) electrons. The average molecular weight is 870 g/mol. The molecule has 0 aliphatic rings. The first kappa shape index (κ1) is 57.4. The van der Waals surface area contributed by atoms with Crippen LogP contribution in [0.1, 0.15) is 123 Å². The Labute approximate surface area is 370 Å². The summed E-state index contributed by atoms with van der Waals surface area (Å²) < 4.78 is 33.7. The second-order valence-electron chi connectivity index (χ2n) is 15.5. The Morgan fingerprint density at radius 2 is 1.03 bits per heavy atom. The largest absolute Gasteiger partial charge is 0.756 e. The minimum atomic E-state index is -4.68. The molecular weight excluding hydrogens is 790 g/mol. The van der Waals surface area contributed by atoms with Crippen molar-refractivity contribution in [2.24, 2.45) is 0 Å². The van der Waals surface area contributed by atoms with E-state index in [1.165, 1.54) is 0 Å². The van der Waals surface area contributed by atoms with Crippen LogP contribution in [0.15, 0.2) is 122 Å². The van der Waals surface area contributed by atoms with Crippen molar-refractivity contribution in [1.29, 1.82) is 0 Å². The van der Waals surface area contributed by atoms with Gasteiger partial charge in [0.1, 0.15) is 19.8 Å². The molecule has 0 bridgehead atoms. The molecule has 1 N–H and O–H groups in total. The maximum Gasteiger partial charge on any atom is 0.306 e. The van der Waals surface area contributed by atoms with E-state index in [-0.39, 0.29) is 32.2 Å². The molecule has 0 aliphatic carbocycles. The third-order valence-electron chi connectivity index (χ3n) is 8.64. The van der Waals surface area contributed by atoms with Gasteiger partial charge in [-0.15, -0.1) is 0 Å². The molecule has 11 heteroatoms. The summed E-state index contributed by atoms with van der Waals surface area (Å²) in [5, 5.41) is 9.57. The predicted octanol–water partition coefficient (Wildman–Crippen LogP) is 11.2. The number of nitrogens with zero attached hydrogens (tertiary/aromatic N) is 1. The lowest BCUT2D eigenvalue weighted by Crippen LogP contribution is -2.37. The smallest absolute Gasteiger partial charge is 0.306 e. The molecule has 0 spiro atoms. The van der Waals surface area contributed by atoms with Crippen LogP contribution in [-0.2, 0) is 32.7 Å². The Morgan fingerprint density at radius 1 is 0.590 bits per heavy atom. The molecule has 1 unspecified atom stereocenters. The maximum absolute atomic E-state index is 12.7. The van der Waals surface area contributed by atoms with Crippen molar-refractivity contribution in [2.45, 2.75) is 135 Å². The number of aliphatic hydroxyl groups excluding tert-OH is 1. The number of allylic oxidation sites excluding steroid dienone is 20. The quantitative estimate of drug-likeness (QED) is 0.0212. The fraction of sp³-hybridized carbons (Fsp3) is 0.560. The fourth-order valence-corrected chi connectivity index (χ4v) is 5.73. The lowest BCUT2D eigenvalue weighted by molar-refractivity contribution is -0.870. The van der Waals surface area contributed by atoms with Gasteiger partial charge in [-0.1, -0.05) is 135 Å². The van der Waals surface area contributed by atoms with Crippen LogP contribution in [0.5, 0.6) is 0 Å². The molecule has 0 aromatic carbocycles. The van der Waals surface area contributed by atoms with Crippen LogP contribution in [0.4, 0.5) is 0 Å². The molecule has 0 fully saturated rings. The molecule has 0 saturated carbocycles. The highest BCUT2D eigenvalue weighted by molar-refractivity contribution is 7.45. The van der Waals surface area contributed by atoms with Gasteiger partial charge in [0.05, 0.1) is 33.9 Å². The summed E-state index contributed by atoms with van der Waals surface area (Å²) >= 11 is 0. The van der Waals surface area contributed by atoms with Crippen LogP contribution < -0.4 is 4.89 Å². The highest BCUT2D eigenvalue weighted by atomic mass is 31.2. The van der Waals surface area contributed by atoms with Crippen LogP contribution in [-0.4, -0.2) is 81.2 Å². The van der Waals surface area contributed by atoms with Gasteiger partial charge >= 0.3 is 11.9 Å². The third kappa shape index (κ3) is 44.2. The second-order valence-corrected chi connectivity index (χ2v) is 16.9. The van der Waals surface area contributed by atoms with E-state index in [4.69, 9.17) is 18.5 Å². The number of carbonyl (C=O) groups is 2. The molecule has 0 heterocycles. The number of carbonyl (C=O) groups excluding carboxylic acids is 2. The first-order valence-electron chi connectivity index (χ1n) is 22.3. The second kappa shape index (κ2) is 40.4. The van der Waals surface area contributed by atoms with E-state index in [9.17, 15) is 24.2 Å². The molecule has 61 heavy (non-hydrogen) atoms. The summed E-state index contributed by atoms with van der Waals surface area (Å²) in [7, 11) is 1.05. The van der Waals surface area contributed by atoms with Gasteiger partial charge in [0.25, 0.3) is 7.82 Å². The first-order valence-corrected chi connectivity index (χ1v) is 23.8. The Balaban J connectivity index is 4.61. The highest BCUT2D eigenvalue weighted by Crippen LogP contribution is 2.38. The van der Waals surface area contributed by atoms with Gasteiger partial charge in [-0.2, -0.15) is 0 Å². The van der Waals surface area contributed by atoms with E-state index in [1.54, 1.807) is 0 Å². The minimum absolute atomic E-state index is 0.0661. The molecule has 0 amide bonds. The maximum atomic E-state index is 12.7. The Hall–Kier alpha value is -3.63. The third-order valence-corrected chi connectivity index (χ3v) is 9.61. The fourth-order valence-electron chi connectivity index (χ4n) is 5.00. The summed E-state index contributed by atoms with van der Waals surface area (Å²) in [6, 6.07) is 0. The molecule has 344 valence electrons. The summed E-state index contributed by atoms with van der Waals surface area (Å²) in [6.45, 7) is 3.63. The van der Waals surface area contributed by atoms with Crippen LogP contribution in [0.2, 0.25) is 0 Å². The van der Waals surface area contributed by atoms with Crippen molar-refractivity contribution in [3.8, 4) is 0 Å². The number of aliphatic hydroxyl groups is 1. The number of likely N-dealkylation sites (N-methyl/N-ethyl adjacent to an activating group) is 1. The number of rotatable bonds is 38. The normalized spacial score (nSPS) is 15.2. The van der Waals surface area contributed by atoms with Gasteiger partial charge in [-0.25, -0.2) is 0 Å². The Bertz CT molecular complexity index is 1460. The topological polar surface area (TPSA) is 131 Å². The van der Waals surface area contributed by atoms with Crippen molar-refractivity contribution in [1.82, 2.24) is 0 Å². The zero-order chi connectivity index (χ0) is 45.1. The summed E-state index contributed by atoms with van der Waals surface area (Å²) in [5.74, 6) is -1.03. The van der Waals surface area contributed by atoms with Gasteiger partial charge in [-0.05, 0) is 96.3 Å². The Morgan fingerprint density at radius 3 is 1.49 bits per heavy atom. The van der Waals surface area contributed by atoms with Crippen molar-refractivity contribution in [3.63, 3.8) is 0 Å². The molecule has 0 aromatic heterocycles. The minimum Gasteiger partial charge on any atom is -0.756 e. The standard InChI is InChI=1S/C50H80NO9P/c1-6-8-9-10-11-12-13-14-15-16-17-18-19-23-26-29-32-35-38-41-49(53)57-45-48(46-59-61(55,56)58-44-43-51(3,4)5)60-50(54)42-39-36-33-30-27-24-21-20-22-25-28-31-34-37-40-47(52)7-2/h8-9,11-12,14-15,17-18,21-26,30-35,47-48,52H,6-7,10,13,16,19-20,27-29,36-46H2,1-5H3/b9-8-,12-11-,15-14-,18-17-,24-21-,25-22-,26-23-,33-30-,34-31-,35-32-/t47-,48-/m1/s1. The van der Waals surface area contributed by atoms with Gasteiger partial charge < -0.3 is 33.0 Å². The predicted molar refractivity (Wildman–Crippen MR) is 250 cm³/mol. The highest BCUT2D eigenvalue weighted by Gasteiger charge is 2.21. The molecule has 0 aromatic rings. The lowest BCUT2D eigenvalue weighted by Gasteiger charge is -2.28. The van der Waals surface area contributed by atoms with Crippen molar-refractivity contribution in [2.75, 3.05) is 47.5 Å². The Kier molecular flexibility index (Phi) is 38.0. The summed E-state index contributed by atoms with van der Waals surface area (Å²) in [5.41, 5.74) is 0. The molecule has 10 nitrogen and oxygen atoms in total. The van der Waals surface area contributed by atoms with E-state index in [1.807, 2.05) is 52.4 Å². The van der Waals surface area contributed by atoms with E-state index in [0.29, 0.717) is 30.3 Å². The van der Waals surface area contributed by atoms with E-state index >= 15 is 0 Å². The molecular formula is C50H80NO9P. The molecule has 0 aliphatic heterocycles. The van der Waals surface area contributed by atoms with Gasteiger partial charge in [0.15, 0.2) is 6.10 Å². The van der Waals surface area contributed by atoms with Gasteiger partial charge in [0, 0.05) is 12.8 Å². The SMILES string of the molecule is CC/C=C\C/C=C\C/C=C\C/C=C\C/C=C\C/C=C\CCC(=O)OC[C@H](COP(=O)([O-])OCC[N+](C)(C)C)OC(=O)CCC/C=C\C/C=C\C/C=C\C/C=C\CC[C@H](O)CC. The van der Waals surface area contributed by atoms with Crippen molar-refractivity contribution < 1.29 is 47.2 Å². The average Bonchev–Trinajstić information content (AvgIpc) is 3.21. The number of ether oxygens (including phenoxy) is 2.